The molecule has 140 valence electrons. The second-order valence-electron chi connectivity index (χ2n) is 6.37. The molecule has 3 rings (SSSR count). The number of methoxy groups -OCH3 is 1. The molecule has 0 bridgehead atoms. The van der Waals surface area contributed by atoms with Crippen LogP contribution in [0.2, 0.25) is 0 Å². The van der Waals surface area contributed by atoms with Crippen LogP contribution in [0.15, 0.2) is 53.3 Å². The van der Waals surface area contributed by atoms with Crippen LogP contribution in [-0.2, 0) is 11.3 Å². The largest absolute Gasteiger partial charge is 0.465 e. The predicted molar refractivity (Wildman–Crippen MR) is 105 cm³/mol. The molecule has 0 saturated carbocycles. The second kappa shape index (κ2) is 8.60. The molecule has 6 heteroatoms. The van der Waals surface area contributed by atoms with Crippen molar-refractivity contribution in [3.05, 3.63) is 75.8 Å². The molecule has 6 nitrogen and oxygen atoms in total. The Balaban J connectivity index is 1.85. The molecule has 3 aromatic rings. The maximum absolute atomic E-state index is 12.4. The van der Waals surface area contributed by atoms with Crippen LogP contribution in [0.5, 0.6) is 0 Å². The number of nitrogens with one attached hydrogen (secondary N) is 2. The van der Waals surface area contributed by atoms with Gasteiger partial charge in [-0.2, -0.15) is 0 Å². The van der Waals surface area contributed by atoms with Crippen molar-refractivity contribution in [2.45, 2.75) is 32.4 Å². The first kappa shape index (κ1) is 18.8. The molecule has 2 N–H and O–H groups in total. The standard InChI is InChI=1S/C21H23N3O3/c1-3-7-17(14-8-5-4-6-9-14)22-13-19-23-18-12-15(21(26)27-2)10-11-16(18)20(25)24-19/h4-6,8-12,17,22H,3,7,13H2,1-2H3,(H,23,24,25). The molecule has 0 aliphatic rings. The monoisotopic (exact) mass is 365 g/mol. The van der Waals surface area contributed by atoms with Gasteiger partial charge in [0, 0.05) is 6.04 Å². The summed E-state index contributed by atoms with van der Waals surface area (Å²) in [6.07, 6.45) is 2.02. The minimum absolute atomic E-state index is 0.179. The highest BCUT2D eigenvalue weighted by molar-refractivity contribution is 5.93. The molecule has 0 spiro atoms. The van der Waals surface area contributed by atoms with Crippen LogP contribution >= 0.6 is 0 Å². The maximum Gasteiger partial charge on any atom is 0.337 e. The van der Waals surface area contributed by atoms with Gasteiger partial charge in [-0.05, 0) is 30.2 Å². The molecule has 1 aromatic heterocycles. The number of hydrogen-bond acceptors (Lipinski definition) is 5. The van der Waals surface area contributed by atoms with Crippen molar-refractivity contribution in [2.24, 2.45) is 0 Å². The van der Waals surface area contributed by atoms with Crippen molar-refractivity contribution < 1.29 is 9.53 Å². The third-order valence-electron chi connectivity index (χ3n) is 4.47. The molecule has 2 aromatic carbocycles. The lowest BCUT2D eigenvalue weighted by Crippen LogP contribution is -2.24. The van der Waals surface area contributed by atoms with Gasteiger partial charge in [-0.25, -0.2) is 9.78 Å². The number of ether oxygens (including phenoxy) is 1. The maximum atomic E-state index is 12.4. The van der Waals surface area contributed by atoms with E-state index in [0.717, 1.165) is 12.8 Å². The Morgan fingerprint density at radius 1 is 1.22 bits per heavy atom. The van der Waals surface area contributed by atoms with Gasteiger partial charge in [0.25, 0.3) is 5.56 Å². The number of rotatable bonds is 7. The molecule has 1 atom stereocenters. The summed E-state index contributed by atoms with van der Waals surface area (Å²) in [6, 6.07) is 15.1. The molecular weight excluding hydrogens is 342 g/mol. The van der Waals surface area contributed by atoms with E-state index in [-0.39, 0.29) is 11.6 Å². The summed E-state index contributed by atoms with van der Waals surface area (Å²) in [4.78, 5) is 31.4. The van der Waals surface area contributed by atoms with Gasteiger partial charge >= 0.3 is 5.97 Å². The summed E-state index contributed by atoms with van der Waals surface area (Å²) in [5, 5.41) is 3.91. The number of aromatic nitrogens is 2. The van der Waals surface area contributed by atoms with Crippen molar-refractivity contribution in [1.29, 1.82) is 0 Å². The van der Waals surface area contributed by atoms with E-state index in [1.807, 2.05) is 18.2 Å². The van der Waals surface area contributed by atoms with Crippen molar-refractivity contribution >= 4 is 16.9 Å². The first-order valence-electron chi connectivity index (χ1n) is 9.02. The van der Waals surface area contributed by atoms with E-state index in [1.165, 1.54) is 12.7 Å². The van der Waals surface area contributed by atoms with E-state index in [4.69, 9.17) is 4.74 Å². The van der Waals surface area contributed by atoms with Gasteiger partial charge in [0.15, 0.2) is 0 Å². The molecule has 1 heterocycles. The lowest BCUT2D eigenvalue weighted by atomic mass is 10.0. The first-order chi connectivity index (χ1) is 13.1. The van der Waals surface area contributed by atoms with Gasteiger partial charge < -0.3 is 15.0 Å². The SMILES string of the molecule is CCCC(NCc1nc2cc(C(=O)OC)ccc2c(=O)[nH]1)c1ccccc1. The number of carbonyl (C=O) groups excluding carboxylic acids is 1. The molecule has 0 amide bonds. The predicted octanol–water partition coefficient (Wildman–Crippen LogP) is 3.34. The van der Waals surface area contributed by atoms with Crippen LogP contribution in [0.25, 0.3) is 10.9 Å². The zero-order valence-electron chi connectivity index (χ0n) is 15.5. The van der Waals surface area contributed by atoms with E-state index < -0.39 is 5.97 Å². The summed E-state index contributed by atoms with van der Waals surface area (Å²) in [6.45, 7) is 2.56. The van der Waals surface area contributed by atoms with E-state index >= 15 is 0 Å². The third-order valence-corrected chi connectivity index (χ3v) is 4.47. The quantitative estimate of drug-likeness (QED) is 0.628. The minimum atomic E-state index is -0.453. The number of fused-ring (bicyclic) bond motifs is 1. The average molecular weight is 365 g/mol. The second-order valence-corrected chi connectivity index (χ2v) is 6.37. The molecular formula is C21H23N3O3. The van der Waals surface area contributed by atoms with Gasteiger partial charge in [0.05, 0.1) is 30.1 Å². The molecule has 0 aliphatic carbocycles. The average Bonchev–Trinajstić information content (AvgIpc) is 2.70. The summed E-state index contributed by atoms with van der Waals surface area (Å²) in [7, 11) is 1.32. The number of H-pyrrole nitrogens is 1. The number of aromatic amines is 1. The highest BCUT2D eigenvalue weighted by Crippen LogP contribution is 2.18. The Morgan fingerprint density at radius 3 is 2.70 bits per heavy atom. The minimum Gasteiger partial charge on any atom is -0.465 e. The topological polar surface area (TPSA) is 84.1 Å². The van der Waals surface area contributed by atoms with E-state index in [9.17, 15) is 9.59 Å². The molecule has 27 heavy (non-hydrogen) atoms. The van der Waals surface area contributed by atoms with Gasteiger partial charge in [0.2, 0.25) is 0 Å². The Kier molecular flexibility index (Phi) is 5.98. The fourth-order valence-corrected chi connectivity index (χ4v) is 3.10. The number of nitrogens with zero attached hydrogens (tertiary/aromatic N) is 1. The van der Waals surface area contributed by atoms with Gasteiger partial charge in [-0.1, -0.05) is 43.7 Å². The summed E-state index contributed by atoms with van der Waals surface area (Å²) >= 11 is 0. The molecule has 0 radical (unpaired) electrons. The number of esters is 1. The number of hydrogen-bond donors (Lipinski definition) is 2. The zero-order chi connectivity index (χ0) is 19.2. The summed E-state index contributed by atoms with van der Waals surface area (Å²) in [5.41, 5.74) is 1.83. The van der Waals surface area contributed by atoms with Crippen LogP contribution in [0.4, 0.5) is 0 Å². The van der Waals surface area contributed by atoms with Gasteiger partial charge in [0.1, 0.15) is 5.82 Å². The lowest BCUT2D eigenvalue weighted by molar-refractivity contribution is 0.0601. The van der Waals surface area contributed by atoms with Crippen LogP contribution < -0.4 is 10.9 Å². The number of benzene rings is 2. The fourth-order valence-electron chi connectivity index (χ4n) is 3.10. The van der Waals surface area contributed by atoms with Crippen molar-refractivity contribution in [1.82, 2.24) is 15.3 Å². The Hall–Kier alpha value is -2.99. The Morgan fingerprint density at radius 2 is 2.00 bits per heavy atom. The molecule has 0 saturated heterocycles. The normalized spacial score (nSPS) is 12.1. The van der Waals surface area contributed by atoms with Crippen molar-refractivity contribution in [3.63, 3.8) is 0 Å². The fraction of sp³-hybridized carbons (Fsp3) is 0.286. The molecule has 0 aliphatic heterocycles. The summed E-state index contributed by atoms with van der Waals surface area (Å²) < 4.78 is 4.74. The zero-order valence-corrected chi connectivity index (χ0v) is 15.5. The first-order valence-corrected chi connectivity index (χ1v) is 9.02. The van der Waals surface area contributed by atoms with Crippen LogP contribution in [0.3, 0.4) is 0 Å². The molecule has 0 fully saturated rings. The Bertz CT molecular complexity index is 983. The van der Waals surface area contributed by atoms with Crippen LogP contribution in [-0.4, -0.2) is 23.0 Å². The van der Waals surface area contributed by atoms with Crippen molar-refractivity contribution in [3.8, 4) is 0 Å². The van der Waals surface area contributed by atoms with Crippen molar-refractivity contribution in [2.75, 3.05) is 7.11 Å². The third kappa shape index (κ3) is 4.41. The Labute approximate surface area is 157 Å². The lowest BCUT2D eigenvalue weighted by Gasteiger charge is -2.18. The van der Waals surface area contributed by atoms with Crippen LogP contribution in [0.1, 0.15) is 47.6 Å². The van der Waals surface area contributed by atoms with Gasteiger partial charge in [-0.15, -0.1) is 0 Å². The number of carbonyl (C=O) groups is 1. The van der Waals surface area contributed by atoms with E-state index in [1.54, 1.807) is 18.2 Å². The highest BCUT2D eigenvalue weighted by atomic mass is 16.5. The highest BCUT2D eigenvalue weighted by Gasteiger charge is 2.12. The smallest absolute Gasteiger partial charge is 0.337 e. The molecule has 1 unspecified atom stereocenters. The van der Waals surface area contributed by atoms with E-state index in [2.05, 4.69) is 34.3 Å². The van der Waals surface area contributed by atoms with E-state index in [0.29, 0.717) is 28.8 Å². The summed E-state index contributed by atoms with van der Waals surface area (Å²) in [5.74, 6) is 0.0808. The van der Waals surface area contributed by atoms with Gasteiger partial charge in [-0.3, -0.25) is 4.79 Å². The van der Waals surface area contributed by atoms with Crippen LogP contribution in [0, 0.1) is 0 Å².